The maximum atomic E-state index is 12.6. The molecule has 486 valence electrons. The van der Waals surface area contributed by atoms with Crippen molar-refractivity contribution < 1.29 is 24.5 Å². The van der Waals surface area contributed by atoms with Gasteiger partial charge in [-0.25, -0.2) is 0 Å². The molecule has 2 atom stereocenters. The van der Waals surface area contributed by atoms with Gasteiger partial charge in [-0.1, -0.05) is 378 Å². The Morgan fingerprint density at radius 1 is 0.341 bits per heavy atom. The highest BCUT2D eigenvalue weighted by Gasteiger charge is 2.20. The van der Waals surface area contributed by atoms with E-state index in [2.05, 4.69) is 43.5 Å². The monoisotopic (exact) mass is 1150 g/mol. The Morgan fingerprint density at radius 2 is 0.610 bits per heavy atom. The first kappa shape index (κ1) is 80.3. The predicted octanol–water partition coefficient (Wildman–Crippen LogP) is 24.5. The normalized spacial score (nSPS) is 12.6. The lowest BCUT2D eigenvalue weighted by atomic mass is 10.0. The maximum absolute atomic E-state index is 12.6. The average molecular weight is 1160 g/mol. The third kappa shape index (κ3) is 67.5. The fraction of sp³-hybridized carbons (Fsp3) is 0.921. The molecule has 0 aliphatic heterocycles. The van der Waals surface area contributed by atoms with Crippen molar-refractivity contribution in [3.63, 3.8) is 0 Å². The van der Waals surface area contributed by atoms with Gasteiger partial charge in [0.15, 0.2) is 0 Å². The van der Waals surface area contributed by atoms with E-state index in [1.807, 2.05) is 0 Å². The van der Waals surface area contributed by atoms with Crippen LogP contribution in [0.4, 0.5) is 0 Å². The number of carbonyl (C=O) groups is 2. The van der Waals surface area contributed by atoms with Crippen molar-refractivity contribution in [2.75, 3.05) is 13.2 Å². The maximum Gasteiger partial charge on any atom is 0.305 e. The van der Waals surface area contributed by atoms with Gasteiger partial charge in [0.1, 0.15) is 0 Å². The Bertz CT molecular complexity index is 1280. The number of aliphatic hydroxyl groups excluding tert-OH is 2. The molecule has 0 saturated carbocycles. The fourth-order valence-corrected chi connectivity index (χ4v) is 12.0. The number of ether oxygens (including phenoxy) is 1. The van der Waals surface area contributed by atoms with Gasteiger partial charge in [0, 0.05) is 12.8 Å². The first-order valence-corrected chi connectivity index (χ1v) is 37.6. The minimum atomic E-state index is -0.664. The molecular weight excluding hydrogens is 1010 g/mol. The summed E-state index contributed by atoms with van der Waals surface area (Å²) in [5.74, 6) is -0.0180. The van der Waals surface area contributed by atoms with Crippen molar-refractivity contribution in [2.45, 2.75) is 437 Å². The van der Waals surface area contributed by atoms with Crippen LogP contribution in [0.3, 0.4) is 0 Å². The van der Waals surface area contributed by atoms with Crippen LogP contribution in [0.2, 0.25) is 0 Å². The number of allylic oxidation sites excluding steroid dienone is 4. The summed E-state index contributed by atoms with van der Waals surface area (Å²) < 4.78 is 5.51. The van der Waals surface area contributed by atoms with Crippen LogP contribution < -0.4 is 5.32 Å². The number of aliphatic hydroxyl groups is 2. The van der Waals surface area contributed by atoms with Gasteiger partial charge < -0.3 is 20.3 Å². The molecule has 0 radical (unpaired) electrons. The number of amides is 1. The molecule has 0 aliphatic carbocycles. The summed E-state index contributed by atoms with van der Waals surface area (Å²) in [5.41, 5.74) is 0. The van der Waals surface area contributed by atoms with Crippen molar-refractivity contribution in [1.82, 2.24) is 5.32 Å². The lowest BCUT2D eigenvalue weighted by Gasteiger charge is -2.22. The first-order valence-electron chi connectivity index (χ1n) is 37.6. The second-order valence-corrected chi connectivity index (χ2v) is 26.0. The second kappa shape index (κ2) is 71.8. The van der Waals surface area contributed by atoms with Gasteiger partial charge in [-0.2, -0.15) is 0 Å². The fourth-order valence-electron chi connectivity index (χ4n) is 12.0. The van der Waals surface area contributed by atoms with Gasteiger partial charge in [0.25, 0.3) is 0 Å². The number of esters is 1. The van der Waals surface area contributed by atoms with Crippen LogP contribution in [0, 0.1) is 0 Å². The molecular formula is C76H147NO5. The van der Waals surface area contributed by atoms with Crippen molar-refractivity contribution in [3.05, 3.63) is 24.3 Å². The SMILES string of the molecule is CCCCCC/C=C\C/C=C\CCCCCCCCCC(=O)OCCCCCCCCCCCCCCCCCCCCCCCCCCCC(=O)NC(CO)C(O)CCCCCCCCCCCCCCCCCCCCCCCC. The molecule has 0 aromatic carbocycles. The lowest BCUT2D eigenvalue weighted by molar-refractivity contribution is -0.143. The zero-order valence-electron chi connectivity index (χ0n) is 55.8. The number of unbranched alkanes of at least 4 members (excludes halogenated alkanes) is 56. The standard InChI is InChI=1S/C76H147NO5/c1-3-5-7-9-11-13-15-17-19-21-23-24-30-33-36-40-44-48-52-56-60-64-68-74(79)73(72-78)77-75(80)69-65-61-57-53-49-45-41-37-34-31-28-26-25-27-29-32-35-39-43-47-51-55-59-63-67-71-82-76(81)70-66-62-58-54-50-46-42-38-22-20-18-16-14-12-10-8-6-4-2/h14,16,20,22,73-74,78-79H,3-13,15,17-19,21,23-72H2,1-2H3,(H,77,80)/b16-14-,22-20-. The van der Waals surface area contributed by atoms with E-state index in [0.717, 1.165) is 51.4 Å². The largest absolute Gasteiger partial charge is 0.466 e. The molecule has 0 fully saturated rings. The van der Waals surface area contributed by atoms with E-state index >= 15 is 0 Å². The van der Waals surface area contributed by atoms with Crippen molar-refractivity contribution >= 4 is 11.9 Å². The summed E-state index contributed by atoms with van der Waals surface area (Å²) in [6, 6.07) is -0.541. The van der Waals surface area contributed by atoms with E-state index in [1.165, 1.54) is 340 Å². The van der Waals surface area contributed by atoms with Crippen molar-refractivity contribution in [3.8, 4) is 0 Å². The van der Waals surface area contributed by atoms with Gasteiger partial charge >= 0.3 is 5.97 Å². The van der Waals surface area contributed by atoms with Gasteiger partial charge in [-0.15, -0.1) is 0 Å². The van der Waals surface area contributed by atoms with Gasteiger partial charge in [0.2, 0.25) is 5.91 Å². The quantitative estimate of drug-likeness (QED) is 0.0320. The van der Waals surface area contributed by atoms with E-state index < -0.39 is 12.1 Å². The molecule has 0 aromatic rings. The van der Waals surface area contributed by atoms with E-state index in [1.54, 1.807) is 0 Å². The van der Waals surface area contributed by atoms with Crippen LogP contribution in [0.1, 0.15) is 425 Å². The molecule has 1 amide bonds. The van der Waals surface area contributed by atoms with Gasteiger partial charge in [-0.3, -0.25) is 9.59 Å². The molecule has 0 spiro atoms. The van der Waals surface area contributed by atoms with Crippen LogP contribution in [-0.2, 0) is 14.3 Å². The van der Waals surface area contributed by atoms with Crippen LogP contribution in [0.25, 0.3) is 0 Å². The number of carbonyl (C=O) groups excluding carboxylic acids is 2. The van der Waals surface area contributed by atoms with Crippen molar-refractivity contribution in [2.24, 2.45) is 0 Å². The van der Waals surface area contributed by atoms with E-state index in [-0.39, 0.29) is 18.5 Å². The smallest absolute Gasteiger partial charge is 0.305 e. The Kier molecular flexibility index (Phi) is 70.4. The summed E-state index contributed by atoms with van der Waals surface area (Å²) in [6.07, 6.45) is 91.0. The highest BCUT2D eigenvalue weighted by Crippen LogP contribution is 2.20. The minimum Gasteiger partial charge on any atom is -0.466 e. The zero-order chi connectivity index (χ0) is 59.2. The second-order valence-electron chi connectivity index (χ2n) is 26.0. The van der Waals surface area contributed by atoms with Crippen molar-refractivity contribution in [1.29, 1.82) is 0 Å². The van der Waals surface area contributed by atoms with Crippen LogP contribution in [-0.4, -0.2) is 47.4 Å². The molecule has 6 heteroatoms. The Morgan fingerprint density at radius 3 is 0.939 bits per heavy atom. The molecule has 3 N–H and O–H groups in total. The molecule has 82 heavy (non-hydrogen) atoms. The highest BCUT2D eigenvalue weighted by molar-refractivity contribution is 5.76. The summed E-state index contributed by atoms with van der Waals surface area (Å²) >= 11 is 0. The molecule has 6 nitrogen and oxygen atoms in total. The third-order valence-corrected chi connectivity index (χ3v) is 17.8. The summed E-state index contributed by atoms with van der Waals surface area (Å²) in [6.45, 7) is 4.98. The summed E-state index contributed by atoms with van der Waals surface area (Å²) in [7, 11) is 0. The summed E-state index contributed by atoms with van der Waals surface area (Å²) in [4.78, 5) is 24.7. The molecule has 0 heterocycles. The number of hydrogen-bond acceptors (Lipinski definition) is 5. The van der Waals surface area contributed by atoms with Gasteiger partial charge in [0.05, 0.1) is 25.4 Å². The molecule has 0 aliphatic rings. The van der Waals surface area contributed by atoms with Crippen LogP contribution in [0.5, 0.6) is 0 Å². The molecule has 0 saturated heterocycles. The molecule has 0 bridgehead atoms. The Labute approximate surface area is 513 Å². The van der Waals surface area contributed by atoms with Crippen LogP contribution >= 0.6 is 0 Å². The first-order chi connectivity index (χ1) is 40.5. The van der Waals surface area contributed by atoms with Crippen LogP contribution in [0.15, 0.2) is 24.3 Å². The molecule has 0 rings (SSSR count). The van der Waals surface area contributed by atoms with Gasteiger partial charge in [-0.05, 0) is 57.8 Å². The number of nitrogens with one attached hydrogen (secondary N) is 1. The predicted molar refractivity (Wildman–Crippen MR) is 361 cm³/mol. The molecule has 2 unspecified atom stereocenters. The van der Waals surface area contributed by atoms with E-state index in [9.17, 15) is 19.8 Å². The van der Waals surface area contributed by atoms with E-state index in [4.69, 9.17) is 4.74 Å². The van der Waals surface area contributed by atoms with E-state index in [0.29, 0.717) is 25.9 Å². The summed E-state index contributed by atoms with van der Waals surface area (Å²) in [5, 5.41) is 23.5. The lowest BCUT2D eigenvalue weighted by Crippen LogP contribution is -2.45. The highest BCUT2D eigenvalue weighted by atomic mass is 16.5. The average Bonchev–Trinajstić information content (AvgIpc) is 3.48. The Hall–Kier alpha value is -1.66. The zero-order valence-corrected chi connectivity index (χ0v) is 55.8. The topological polar surface area (TPSA) is 95.9 Å². The minimum absolute atomic E-state index is 0.0102. The molecule has 0 aromatic heterocycles. The number of hydrogen-bond donors (Lipinski definition) is 3. The third-order valence-electron chi connectivity index (χ3n) is 17.8. The number of rotatable bonds is 71. The Balaban J connectivity index is 3.36.